The molecule has 1 atom stereocenters. The molecule has 5 heteroatoms. The van der Waals surface area contributed by atoms with Gasteiger partial charge in [-0.05, 0) is 24.1 Å². The van der Waals surface area contributed by atoms with E-state index in [-0.39, 0.29) is 22.9 Å². The summed E-state index contributed by atoms with van der Waals surface area (Å²) in [6, 6.07) is 7.63. The zero-order chi connectivity index (χ0) is 13.8. The van der Waals surface area contributed by atoms with E-state index in [0.717, 1.165) is 11.3 Å². The van der Waals surface area contributed by atoms with Crippen molar-refractivity contribution < 1.29 is 14.7 Å². The van der Waals surface area contributed by atoms with Crippen LogP contribution in [0.25, 0.3) is 0 Å². The van der Waals surface area contributed by atoms with Crippen LogP contribution >= 0.6 is 11.8 Å². The van der Waals surface area contributed by atoms with Crippen LogP contribution < -0.4 is 4.90 Å². The quantitative estimate of drug-likeness (QED) is 0.909. The smallest absolute Gasteiger partial charge is 0.228 e. The van der Waals surface area contributed by atoms with Crippen LogP contribution in [-0.4, -0.2) is 34.5 Å². The maximum atomic E-state index is 11.9. The highest BCUT2D eigenvalue weighted by molar-refractivity contribution is 8.14. The fraction of sp³-hybridized carbons (Fsp3) is 0.429. The maximum Gasteiger partial charge on any atom is 0.228 e. The van der Waals surface area contributed by atoms with E-state index in [4.69, 9.17) is 5.11 Å². The minimum atomic E-state index is 0.0537. The van der Waals surface area contributed by atoms with E-state index in [1.807, 2.05) is 24.3 Å². The summed E-state index contributed by atoms with van der Waals surface area (Å²) in [7, 11) is 0. The summed E-state index contributed by atoms with van der Waals surface area (Å²) < 4.78 is 0. The first-order valence-electron chi connectivity index (χ1n) is 6.27. The second-order valence-electron chi connectivity index (χ2n) is 4.58. The van der Waals surface area contributed by atoms with Gasteiger partial charge in [0.05, 0.1) is 0 Å². The molecule has 1 aromatic rings. The van der Waals surface area contributed by atoms with Crippen molar-refractivity contribution in [1.82, 2.24) is 0 Å². The van der Waals surface area contributed by atoms with Gasteiger partial charge in [0.1, 0.15) is 0 Å². The van der Waals surface area contributed by atoms with Gasteiger partial charge in [0.2, 0.25) is 5.91 Å². The van der Waals surface area contributed by atoms with Crippen molar-refractivity contribution in [1.29, 1.82) is 0 Å². The minimum absolute atomic E-state index is 0.0537. The molecule has 19 heavy (non-hydrogen) atoms. The summed E-state index contributed by atoms with van der Waals surface area (Å²) >= 11 is 1.24. The van der Waals surface area contributed by atoms with E-state index in [9.17, 15) is 9.59 Å². The molecule has 1 unspecified atom stereocenters. The number of thioether (sulfide) groups is 1. The van der Waals surface area contributed by atoms with Gasteiger partial charge in [0, 0.05) is 37.4 Å². The normalized spacial score (nSPS) is 18.9. The highest BCUT2D eigenvalue weighted by atomic mass is 32.2. The lowest BCUT2D eigenvalue weighted by Crippen LogP contribution is -2.24. The number of anilines is 1. The zero-order valence-corrected chi connectivity index (χ0v) is 11.7. The number of aliphatic hydroxyl groups excluding tert-OH is 1. The number of hydrogen-bond donors (Lipinski definition) is 1. The molecular weight excluding hydrogens is 262 g/mol. The van der Waals surface area contributed by atoms with Crippen molar-refractivity contribution in [2.75, 3.05) is 18.1 Å². The van der Waals surface area contributed by atoms with Gasteiger partial charge in [-0.15, -0.1) is 0 Å². The van der Waals surface area contributed by atoms with Gasteiger partial charge in [-0.25, -0.2) is 0 Å². The minimum Gasteiger partial charge on any atom is -0.396 e. The van der Waals surface area contributed by atoms with E-state index in [1.165, 1.54) is 18.7 Å². The van der Waals surface area contributed by atoms with Crippen LogP contribution in [0.2, 0.25) is 0 Å². The number of hydrogen-bond acceptors (Lipinski definition) is 4. The first-order chi connectivity index (χ1) is 9.10. The van der Waals surface area contributed by atoms with Crippen LogP contribution in [0.5, 0.6) is 0 Å². The summed E-state index contributed by atoms with van der Waals surface area (Å²) in [5.41, 5.74) is 1.91. The highest BCUT2D eigenvalue weighted by Gasteiger charge is 2.31. The van der Waals surface area contributed by atoms with Crippen LogP contribution in [0.1, 0.15) is 18.9 Å². The van der Waals surface area contributed by atoms with Gasteiger partial charge < -0.3 is 10.0 Å². The molecule has 0 aromatic heterocycles. The molecule has 0 radical (unpaired) electrons. The molecule has 0 spiro atoms. The Hall–Kier alpha value is -1.33. The van der Waals surface area contributed by atoms with Crippen LogP contribution in [0, 0.1) is 0 Å². The van der Waals surface area contributed by atoms with Crippen LogP contribution in [0.15, 0.2) is 24.3 Å². The summed E-state index contributed by atoms with van der Waals surface area (Å²) in [6.45, 7) is 2.24. The van der Waals surface area contributed by atoms with Crippen LogP contribution in [0.4, 0.5) is 5.69 Å². The molecule has 1 fully saturated rings. The third-order valence-electron chi connectivity index (χ3n) is 3.07. The summed E-state index contributed by atoms with van der Waals surface area (Å²) in [5, 5.41) is 8.97. The number of nitrogens with zero attached hydrogens (tertiary/aromatic N) is 1. The van der Waals surface area contributed by atoms with Crippen LogP contribution in [-0.2, 0) is 16.0 Å². The molecule has 2 rings (SSSR count). The van der Waals surface area contributed by atoms with Crippen molar-refractivity contribution in [2.24, 2.45) is 0 Å². The molecular formula is C14H17NO3S. The Balaban J connectivity index is 2.05. The molecule has 1 amide bonds. The van der Waals surface area contributed by atoms with Gasteiger partial charge in [-0.3, -0.25) is 9.59 Å². The average molecular weight is 279 g/mol. The van der Waals surface area contributed by atoms with E-state index >= 15 is 0 Å². The Morgan fingerprint density at radius 2 is 2.11 bits per heavy atom. The molecule has 102 valence electrons. The third-order valence-corrected chi connectivity index (χ3v) is 4.05. The average Bonchev–Trinajstić information content (AvgIpc) is 2.71. The Labute approximate surface area is 116 Å². The number of carbonyl (C=O) groups excluding carboxylic acids is 2. The molecule has 1 heterocycles. The van der Waals surface area contributed by atoms with Crippen molar-refractivity contribution in [3.8, 4) is 0 Å². The fourth-order valence-electron chi connectivity index (χ4n) is 2.21. The van der Waals surface area contributed by atoms with E-state index < -0.39 is 0 Å². The summed E-state index contributed by atoms with van der Waals surface area (Å²) in [5.74, 6) is 0.0636. The molecule has 0 aliphatic carbocycles. The molecule has 1 N–H and O–H groups in total. The van der Waals surface area contributed by atoms with E-state index in [0.29, 0.717) is 19.4 Å². The predicted molar refractivity (Wildman–Crippen MR) is 76.3 cm³/mol. The number of rotatable bonds is 4. The summed E-state index contributed by atoms with van der Waals surface area (Å²) in [6.07, 6.45) is 1.04. The van der Waals surface area contributed by atoms with E-state index in [1.54, 1.807) is 4.90 Å². The van der Waals surface area contributed by atoms with Crippen molar-refractivity contribution in [3.63, 3.8) is 0 Å². The van der Waals surface area contributed by atoms with Gasteiger partial charge >= 0.3 is 0 Å². The molecule has 1 aliphatic rings. The topological polar surface area (TPSA) is 57.6 Å². The predicted octanol–water partition coefficient (Wildman–Crippen LogP) is 1.61. The first-order valence-corrected chi connectivity index (χ1v) is 7.15. The Morgan fingerprint density at radius 1 is 1.42 bits per heavy atom. The fourth-order valence-corrected chi connectivity index (χ4v) is 3.13. The SMILES string of the molecule is CC(=O)SC1CC(=O)N(c2ccc(CCO)cc2)C1. The van der Waals surface area contributed by atoms with Gasteiger partial charge in [-0.1, -0.05) is 23.9 Å². The summed E-state index contributed by atoms with van der Waals surface area (Å²) in [4.78, 5) is 24.7. The number of aliphatic hydroxyl groups is 1. The standard InChI is InChI=1S/C14H17NO3S/c1-10(17)19-13-8-14(18)15(9-13)12-4-2-11(3-5-12)6-7-16/h2-5,13,16H,6-9H2,1H3. The molecule has 1 aromatic carbocycles. The maximum absolute atomic E-state index is 11.9. The van der Waals surface area contributed by atoms with Crippen molar-refractivity contribution >= 4 is 28.5 Å². The lowest BCUT2D eigenvalue weighted by molar-refractivity contribution is -0.117. The van der Waals surface area contributed by atoms with Crippen LogP contribution in [0.3, 0.4) is 0 Å². The van der Waals surface area contributed by atoms with E-state index in [2.05, 4.69) is 0 Å². The molecule has 1 saturated heterocycles. The Morgan fingerprint density at radius 3 is 2.68 bits per heavy atom. The number of amides is 1. The number of benzene rings is 1. The zero-order valence-electron chi connectivity index (χ0n) is 10.8. The second-order valence-corrected chi connectivity index (χ2v) is 6.06. The lowest BCUT2D eigenvalue weighted by Gasteiger charge is -2.16. The Bertz CT molecular complexity index is 472. The largest absolute Gasteiger partial charge is 0.396 e. The van der Waals surface area contributed by atoms with Crippen molar-refractivity contribution in [2.45, 2.75) is 25.0 Å². The third kappa shape index (κ3) is 3.58. The Kier molecular flexibility index (Phi) is 4.61. The first kappa shape index (κ1) is 14.1. The van der Waals surface area contributed by atoms with Gasteiger partial charge in [0.15, 0.2) is 5.12 Å². The van der Waals surface area contributed by atoms with Gasteiger partial charge in [0.25, 0.3) is 0 Å². The molecule has 0 bridgehead atoms. The second kappa shape index (κ2) is 6.21. The molecule has 0 saturated carbocycles. The van der Waals surface area contributed by atoms with Gasteiger partial charge in [-0.2, -0.15) is 0 Å². The monoisotopic (exact) mass is 279 g/mol. The number of carbonyl (C=O) groups is 2. The molecule has 4 nitrogen and oxygen atoms in total. The molecule has 1 aliphatic heterocycles. The highest BCUT2D eigenvalue weighted by Crippen LogP contribution is 2.28. The lowest BCUT2D eigenvalue weighted by atomic mass is 10.1. The van der Waals surface area contributed by atoms with Crippen molar-refractivity contribution in [3.05, 3.63) is 29.8 Å².